The number of benzene rings is 1. The third-order valence-electron chi connectivity index (χ3n) is 1.63. The van der Waals surface area contributed by atoms with E-state index < -0.39 is 5.97 Å². The van der Waals surface area contributed by atoms with E-state index in [-0.39, 0.29) is 5.56 Å². The summed E-state index contributed by atoms with van der Waals surface area (Å²) < 4.78 is 4.56. The molecule has 0 atom stereocenters. The van der Waals surface area contributed by atoms with Gasteiger partial charge in [-0.2, -0.15) is 0 Å². The van der Waals surface area contributed by atoms with E-state index >= 15 is 0 Å². The van der Waals surface area contributed by atoms with Crippen molar-refractivity contribution < 1.29 is 14.7 Å². The molecule has 0 unspecified atom stereocenters. The largest absolute Gasteiger partial charge is 0.465 e. The number of hydroxylamine groups is 1. The molecule has 15 heavy (non-hydrogen) atoms. The predicted molar refractivity (Wildman–Crippen MR) is 55.9 cm³/mol. The Bertz CT molecular complexity index is 393. The van der Waals surface area contributed by atoms with E-state index in [1.807, 2.05) is 0 Å². The van der Waals surface area contributed by atoms with Crippen LogP contribution < -0.4 is 5.48 Å². The van der Waals surface area contributed by atoms with Gasteiger partial charge in [-0.25, -0.2) is 9.79 Å². The van der Waals surface area contributed by atoms with E-state index in [1.165, 1.54) is 19.2 Å². The molecule has 6 heteroatoms. The minimum Gasteiger partial charge on any atom is -0.465 e. The molecule has 0 aliphatic rings. The smallest absolute Gasteiger partial charge is 0.340 e. The van der Waals surface area contributed by atoms with Gasteiger partial charge in [0.2, 0.25) is 0 Å². The van der Waals surface area contributed by atoms with E-state index in [0.29, 0.717) is 10.7 Å². The third kappa shape index (κ3) is 2.93. The van der Waals surface area contributed by atoms with Crippen molar-refractivity contribution in [1.82, 2.24) is 5.48 Å². The number of esters is 1. The molecule has 0 amide bonds. The van der Waals surface area contributed by atoms with Crippen molar-refractivity contribution >= 4 is 29.6 Å². The van der Waals surface area contributed by atoms with E-state index in [0.717, 1.165) is 6.34 Å². The van der Waals surface area contributed by atoms with Gasteiger partial charge in [-0.15, -0.1) is 0 Å². The van der Waals surface area contributed by atoms with E-state index in [4.69, 9.17) is 16.8 Å². The lowest BCUT2D eigenvalue weighted by molar-refractivity contribution is 0.0601. The number of nitrogens with zero attached hydrogens (tertiary/aromatic N) is 1. The predicted octanol–water partition coefficient (Wildman–Crippen LogP) is 1.77. The first-order chi connectivity index (χ1) is 7.19. The Kier molecular flexibility index (Phi) is 4.08. The Balaban J connectivity index is 3.14. The Morgan fingerprint density at radius 3 is 3.00 bits per heavy atom. The molecule has 0 heterocycles. The van der Waals surface area contributed by atoms with Gasteiger partial charge in [0.1, 0.15) is 6.34 Å². The molecule has 1 aromatic carbocycles. The zero-order valence-corrected chi connectivity index (χ0v) is 8.65. The molecule has 1 rings (SSSR count). The second-order valence-corrected chi connectivity index (χ2v) is 2.98. The number of methoxy groups -OCH3 is 1. The molecular formula is C9H9ClN2O3. The van der Waals surface area contributed by atoms with Gasteiger partial charge in [-0.3, -0.25) is 10.7 Å². The Hall–Kier alpha value is -1.59. The van der Waals surface area contributed by atoms with Crippen molar-refractivity contribution in [3.05, 3.63) is 28.8 Å². The summed E-state index contributed by atoms with van der Waals surface area (Å²) in [6, 6.07) is 4.54. The summed E-state index contributed by atoms with van der Waals surface area (Å²) in [5, 5.41) is 8.77. The number of aliphatic imine (C=N–C) groups is 1. The molecule has 2 N–H and O–H groups in total. The first-order valence-corrected chi connectivity index (χ1v) is 4.37. The molecule has 0 spiro atoms. The minimum absolute atomic E-state index is 0.272. The van der Waals surface area contributed by atoms with Gasteiger partial charge >= 0.3 is 5.97 Å². The minimum atomic E-state index is -0.517. The Morgan fingerprint density at radius 1 is 1.67 bits per heavy atom. The third-order valence-corrected chi connectivity index (χ3v) is 1.86. The topological polar surface area (TPSA) is 70.9 Å². The van der Waals surface area contributed by atoms with Gasteiger partial charge in [-0.05, 0) is 18.2 Å². The molecule has 0 radical (unpaired) electrons. The van der Waals surface area contributed by atoms with Crippen molar-refractivity contribution in [2.75, 3.05) is 7.11 Å². The van der Waals surface area contributed by atoms with Gasteiger partial charge < -0.3 is 4.74 Å². The molecule has 0 aliphatic carbocycles. The molecule has 0 aromatic heterocycles. The highest BCUT2D eigenvalue weighted by Gasteiger charge is 2.10. The van der Waals surface area contributed by atoms with Gasteiger partial charge in [0.05, 0.1) is 18.4 Å². The highest BCUT2D eigenvalue weighted by atomic mass is 35.5. The monoisotopic (exact) mass is 228 g/mol. The van der Waals surface area contributed by atoms with Gasteiger partial charge in [-0.1, -0.05) is 11.6 Å². The van der Waals surface area contributed by atoms with E-state index in [9.17, 15) is 4.79 Å². The fourth-order valence-electron chi connectivity index (χ4n) is 0.993. The molecule has 0 saturated carbocycles. The summed E-state index contributed by atoms with van der Waals surface area (Å²) in [6.07, 6.45) is 1.03. The number of ether oxygens (including phenoxy) is 1. The van der Waals surface area contributed by atoms with Gasteiger partial charge in [0.25, 0.3) is 0 Å². The maximum atomic E-state index is 11.3. The number of nitrogens with one attached hydrogen (secondary N) is 1. The van der Waals surface area contributed by atoms with Crippen LogP contribution in [0.2, 0.25) is 5.02 Å². The first-order valence-electron chi connectivity index (χ1n) is 3.99. The molecule has 1 aromatic rings. The van der Waals surface area contributed by atoms with Crippen LogP contribution in [0.3, 0.4) is 0 Å². The summed E-state index contributed by atoms with van der Waals surface area (Å²) in [5.41, 5.74) is 2.32. The second-order valence-electron chi connectivity index (χ2n) is 2.54. The average Bonchev–Trinajstić information content (AvgIpc) is 2.25. The fraction of sp³-hybridized carbons (Fsp3) is 0.111. The van der Waals surface area contributed by atoms with Crippen LogP contribution >= 0.6 is 11.6 Å². The molecular weight excluding hydrogens is 220 g/mol. The van der Waals surface area contributed by atoms with Crippen LogP contribution in [0.1, 0.15) is 10.4 Å². The van der Waals surface area contributed by atoms with Crippen LogP contribution in [0.15, 0.2) is 23.2 Å². The van der Waals surface area contributed by atoms with E-state index in [1.54, 1.807) is 11.5 Å². The maximum Gasteiger partial charge on any atom is 0.340 e. The van der Waals surface area contributed by atoms with Crippen LogP contribution in [-0.2, 0) is 4.74 Å². The maximum absolute atomic E-state index is 11.3. The molecule has 0 fully saturated rings. The van der Waals surface area contributed by atoms with E-state index in [2.05, 4.69) is 9.73 Å². The lowest BCUT2D eigenvalue weighted by Crippen LogP contribution is -2.04. The summed E-state index contributed by atoms with van der Waals surface area (Å²) in [7, 11) is 1.27. The van der Waals surface area contributed by atoms with Gasteiger partial charge in [0, 0.05) is 5.02 Å². The Morgan fingerprint density at radius 2 is 2.40 bits per heavy atom. The van der Waals surface area contributed by atoms with Crippen LogP contribution in [-0.4, -0.2) is 24.6 Å². The summed E-state index contributed by atoms with van der Waals surface area (Å²) in [6.45, 7) is 0. The molecule has 0 aliphatic heterocycles. The van der Waals surface area contributed by atoms with Crippen LogP contribution in [0.4, 0.5) is 5.69 Å². The zero-order valence-electron chi connectivity index (χ0n) is 7.90. The van der Waals surface area contributed by atoms with Gasteiger partial charge in [0.15, 0.2) is 0 Å². The SMILES string of the molecule is COC(=O)c1ccc(Cl)cc1N=CNO. The molecule has 0 saturated heterocycles. The molecule has 5 nitrogen and oxygen atoms in total. The number of halogens is 1. The molecule has 0 bridgehead atoms. The summed E-state index contributed by atoms with van der Waals surface area (Å²) in [5.74, 6) is -0.517. The number of hydrogen-bond donors (Lipinski definition) is 2. The van der Waals surface area contributed by atoms with Crippen molar-refractivity contribution in [3.63, 3.8) is 0 Å². The van der Waals surface area contributed by atoms with Crippen molar-refractivity contribution in [2.45, 2.75) is 0 Å². The van der Waals surface area contributed by atoms with Crippen molar-refractivity contribution in [1.29, 1.82) is 0 Å². The van der Waals surface area contributed by atoms with Crippen LogP contribution in [0, 0.1) is 0 Å². The lowest BCUT2D eigenvalue weighted by atomic mass is 10.2. The summed E-state index contributed by atoms with van der Waals surface area (Å²) >= 11 is 5.73. The zero-order chi connectivity index (χ0) is 11.3. The van der Waals surface area contributed by atoms with Crippen LogP contribution in [0.5, 0.6) is 0 Å². The average molecular weight is 229 g/mol. The fourth-order valence-corrected chi connectivity index (χ4v) is 1.16. The standard InChI is InChI=1S/C9H9ClN2O3/c1-15-9(13)7-3-2-6(10)4-8(7)11-5-12-14/h2-5,14H,1H3,(H,11,12). The Labute approximate surface area is 91.3 Å². The number of rotatable bonds is 3. The lowest BCUT2D eigenvalue weighted by Gasteiger charge is -2.03. The quantitative estimate of drug-likeness (QED) is 0.358. The normalized spacial score (nSPS) is 10.3. The highest BCUT2D eigenvalue weighted by molar-refractivity contribution is 6.31. The number of hydrogen-bond acceptors (Lipinski definition) is 4. The van der Waals surface area contributed by atoms with Crippen molar-refractivity contribution in [3.8, 4) is 0 Å². The van der Waals surface area contributed by atoms with Crippen molar-refractivity contribution in [2.24, 2.45) is 4.99 Å². The number of carbonyl (C=O) groups excluding carboxylic acids is 1. The highest BCUT2D eigenvalue weighted by Crippen LogP contribution is 2.24. The second kappa shape index (κ2) is 5.33. The van der Waals surface area contributed by atoms with Crippen LogP contribution in [0.25, 0.3) is 0 Å². The molecule has 80 valence electrons. The first kappa shape index (κ1) is 11.5. The number of carbonyl (C=O) groups is 1. The summed E-state index contributed by atoms with van der Waals surface area (Å²) in [4.78, 5) is 15.1.